The molecule has 1 aliphatic carbocycles. The molecule has 2 aliphatic rings. The van der Waals surface area contributed by atoms with Crippen molar-refractivity contribution in [1.29, 1.82) is 0 Å². The van der Waals surface area contributed by atoms with Crippen molar-refractivity contribution in [1.82, 2.24) is 9.80 Å². The first-order valence-corrected chi connectivity index (χ1v) is 6.92. The first kappa shape index (κ1) is 15.9. The van der Waals surface area contributed by atoms with Crippen LogP contribution in [0.5, 0.6) is 0 Å². The van der Waals surface area contributed by atoms with Crippen molar-refractivity contribution in [3.8, 4) is 0 Å². The summed E-state index contributed by atoms with van der Waals surface area (Å²) in [6, 6.07) is -0.565. The quantitative estimate of drug-likeness (QED) is 0.869. The second-order valence-corrected chi connectivity index (χ2v) is 6.03. The van der Waals surface area contributed by atoms with Crippen molar-refractivity contribution >= 4 is 12.0 Å². The topological polar surface area (TPSA) is 60.9 Å². The van der Waals surface area contributed by atoms with E-state index in [9.17, 15) is 22.8 Å². The number of hydrogen-bond donors (Lipinski definition) is 1. The number of carbonyl (C=O) groups excluding carboxylic acids is 1. The minimum Gasteiger partial charge on any atom is -0.481 e. The summed E-state index contributed by atoms with van der Waals surface area (Å²) in [6.45, 7) is 0.860. The summed E-state index contributed by atoms with van der Waals surface area (Å²) in [4.78, 5) is 25.8. The van der Waals surface area contributed by atoms with Crippen LogP contribution in [0.15, 0.2) is 0 Å². The van der Waals surface area contributed by atoms with Crippen molar-refractivity contribution in [2.24, 2.45) is 11.3 Å². The highest BCUT2D eigenvalue weighted by Gasteiger charge is 2.64. The number of aliphatic carboxylic acids is 1. The number of halogens is 3. The maximum Gasteiger partial charge on any atom is 0.406 e. The van der Waals surface area contributed by atoms with E-state index in [1.165, 1.54) is 4.90 Å². The van der Waals surface area contributed by atoms with E-state index in [2.05, 4.69) is 0 Å². The molecule has 0 spiro atoms. The zero-order chi connectivity index (χ0) is 16.0. The summed E-state index contributed by atoms with van der Waals surface area (Å²) in [5.41, 5.74) is -2.84. The molecule has 0 bridgehead atoms. The van der Waals surface area contributed by atoms with Gasteiger partial charge in [0.1, 0.15) is 0 Å². The van der Waals surface area contributed by atoms with Crippen LogP contribution in [0, 0.1) is 11.3 Å². The van der Waals surface area contributed by atoms with Crippen LogP contribution in [0.25, 0.3) is 0 Å². The SMILES string of the molecule is CC(C1CC1)N(C)C(=O)N1CCC(C(=O)O)(C(F)(F)F)C1. The molecule has 1 saturated carbocycles. The summed E-state index contributed by atoms with van der Waals surface area (Å²) in [7, 11) is 1.56. The Morgan fingerprint density at radius 2 is 1.95 bits per heavy atom. The van der Waals surface area contributed by atoms with E-state index in [1.54, 1.807) is 7.05 Å². The maximum atomic E-state index is 13.1. The lowest BCUT2D eigenvalue weighted by Gasteiger charge is -2.31. The van der Waals surface area contributed by atoms with E-state index in [-0.39, 0.29) is 12.6 Å². The van der Waals surface area contributed by atoms with Gasteiger partial charge in [0.15, 0.2) is 5.41 Å². The molecule has 5 nitrogen and oxygen atoms in total. The van der Waals surface area contributed by atoms with Gasteiger partial charge in [-0.1, -0.05) is 0 Å². The van der Waals surface area contributed by atoms with Crippen LogP contribution in [0.2, 0.25) is 0 Å². The average molecular weight is 308 g/mol. The Balaban J connectivity index is 2.10. The highest BCUT2D eigenvalue weighted by Crippen LogP contribution is 2.46. The Labute approximate surface area is 120 Å². The van der Waals surface area contributed by atoms with Crippen LogP contribution in [0.1, 0.15) is 26.2 Å². The molecule has 0 radical (unpaired) electrons. The number of urea groups is 1. The number of amides is 2. The molecule has 0 aromatic heterocycles. The standard InChI is InChI=1S/C13H19F3N2O3/c1-8(9-3-4-9)17(2)11(21)18-6-5-12(7-18,10(19)20)13(14,15)16/h8-9H,3-7H2,1-2H3,(H,19,20). The van der Waals surface area contributed by atoms with Gasteiger partial charge in [0, 0.05) is 26.2 Å². The molecule has 8 heteroatoms. The van der Waals surface area contributed by atoms with Crippen molar-refractivity contribution < 1.29 is 27.9 Å². The molecule has 1 N–H and O–H groups in total. The first-order valence-electron chi connectivity index (χ1n) is 6.92. The van der Waals surface area contributed by atoms with Gasteiger partial charge < -0.3 is 14.9 Å². The highest BCUT2D eigenvalue weighted by molar-refractivity contribution is 5.80. The number of alkyl halides is 3. The third kappa shape index (κ3) is 2.67. The lowest BCUT2D eigenvalue weighted by Crippen LogP contribution is -2.50. The van der Waals surface area contributed by atoms with Crippen LogP contribution >= 0.6 is 0 Å². The monoisotopic (exact) mass is 308 g/mol. The van der Waals surface area contributed by atoms with Gasteiger partial charge in [-0.05, 0) is 32.1 Å². The number of carboxylic acids is 1. The molecule has 1 saturated heterocycles. The molecule has 0 aromatic rings. The van der Waals surface area contributed by atoms with Gasteiger partial charge in [-0.2, -0.15) is 13.2 Å². The van der Waals surface area contributed by atoms with E-state index in [0.717, 1.165) is 17.7 Å². The largest absolute Gasteiger partial charge is 0.481 e. The minimum atomic E-state index is -4.87. The van der Waals surface area contributed by atoms with Crippen molar-refractivity contribution in [3.05, 3.63) is 0 Å². The molecule has 120 valence electrons. The Hall–Kier alpha value is -1.47. The predicted molar refractivity (Wildman–Crippen MR) is 67.7 cm³/mol. The molecule has 1 heterocycles. The molecule has 2 atom stereocenters. The molecule has 1 aliphatic heterocycles. The van der Waals surface area contributed by atoms with Crippen molar-refractivity contribution in [3.63, 3.8) is 0 Å². The fourth-order valence-corrected chi connectivity index (χ4v) is 2.79. The van der Waals surface area contributed by atoms with E-state index in [4.69, 9.17) is 5.11 Å². The summed E-state index contributed by atoms with van der Waals surface area (Å²) >= 11 is 0. The fraction of sp³-hybridized carbons (Fsp3) is 0.846. The molecule has 2 unspecified atom stereocenters. The number of carboxylic acid groups (broad SMARTS) is 1. The molecular weight excluding hydrogens is 289 g/mol. The predicted octanol–water partition coefficient (Wildman–Crippen LogP) is 2.18. The molecule has 0 aromatic carbocycles. The minimum absolute atomic E-state index is 0.0387. The van der Waals surface area contributed by atoms with Crippen molar-refractivity contribution in [2.75, 3.05) is 20.1 Å². The lowest BCUT2D eigenvalue weighted by molar-refractivity contribution is -0.227. The number of carbonyl (C=O) groups is 2. The average Bonchev–Trinajstić information content (AvgIpc) is 3.12. The zero-order valence-corrected chi connectivity index (χ0v) is 12.0. The van der Waals surface area contributed by atoms with Crippen LogP contribution in [-0.4, -0.2) is 59.3 Å². The van der Waals surface area contributed by atoms with Gasteiger partial charge in [0.05, 0.1) is 0 Å². The van der Waals surface area contributed by atoms with Gasteiger partial charge in [-0.15, -0.1) is 0 Å². The van der Waals surface area contributed by atoms with E-state index in [0.29, 0.717) is 5.92 Å². The number of rotatable bonds is 3. The number of nitrogens with zero attached hydrogens (tertiary/aromatic N) is 2. The first-order chi connectivity index (χ1) is 9.60. The lowest BCUT2D eigenvalue weighted by atomic mass is 9.86. The van der Waals surface area contributed by atoms with E-state index < -0.39 is 36.6 Å². The van der Waals surface area contributed by atoms with Gasteiger partial charge in [0.2, 0.25) is 0 Å². The van der Waals surface area contributed by atoms with Crippen LogP contribution < -0.4 is 0 Å². The molecule has 2 fully saturated rings. The third-order valence-electron chi connectivity index (χ3n) is 4.71. The summed E-state index contributed by atoms with van der Waals surface area (Å²) < 4.78 is 39.2. The van der Waals surface area contributed by atoms with Gasteiger partial charge in [-0.3, -0.25) is 4.79 Å². The van der Waals surface area contributed by atoms with Gasteiger partial charge in [-0.25, -0.2) is 4.79 Å². The van der Waals surface area contributed by atoms with Gasteiger partial charge >= 0.3 is 18.2 Å². The third-order valence-corrected chi connectivity index (χ3v) is 4.71. The normalized spacial score (nSPS) is 27.6. The molecule has 2 amide bonds. The van der Waals surface area contributed by atoms with Crippen LogP contribution in [0.3, 0.4) is 0 Å². The summed E-state index contributed by atoms with van der Waals surface area (Å²) in [5.74, 6) is -1.52. The number of likely N-dealkylation sites (tertiary alicyclic amines) is 1. The summed E-state index contributed by atoms with van der Waals surface area (Å²) in [5, 5.41) is 8.97. The van der Waals surface area contributed by atoms with Crippen LogP contribution in [0.4, 0.5) is 18.0 Å². The number of hydrogen-bond acceptors (Lipinski definition) is 2. The smallest absolute Gasteiger partial charge is 0.406 e. The Morgan fingerprint density at radius 1 is 1.38 bits per heavy atom. The molecule has 21 heavy (non-hydrogen) atoms. The second-order valence-electron chi connectivity index (χ2n) is 6.03. The maximum absolute atomic E-state index is 13.1. The Morgan fingerprint density at radius 3 is 2.33 bits per heavy atom. The zero-order valence-electron chi connectivity index (χ0n) is 12.0. The van der Waals surface area contributed by atoms with Crippen LogP contribution in [-0.2, 0) is 4.79 Å². The Bertz CT molecular complexity index is 450. The van der Waals surface area contributed by atoms with Gasteiger partial charge in [0.25, 0.3) is 0 Å². The van der Waals surface area contributed by atoms with Crippen molar-refractivity contribution in [2.45, 2.75) is 38.4 Å². The Kier molecular flexibility index (Phi) is 3.84. The fourth-order valence-electron chi connectivity index (χ4n) is 2.79. The van der Waals surface area contributed by atoms with E-state index in [1.807, 2.05) is 6.92 Å². The summed E-state index contributed by atoms with van der Waals surface area (Å²) in [6.07, 6.45) is -3.43. The molecular formula is C13H19F3N2O3. The molecule has 2 rings (SSSR count). The van der Waals surface area contributed by atoms with E-state index >= 15 is 0 Å². The highest BCUT2D eigenvalue weighted by atomic mass is 19.4. The second kappa shape index (κ2) is 5.06.